The second-order valence-corrected chi connectivity index (χ2v) is 9.73. The summed E-state index contributed by atoms with van der Waals surface area (Å²) in [6.45, 7) is 3.03. The molecular formula is C30H24N2O6S. The van der Waals surface area contributed by atoms with Crippen molar-refractivity contribution in [3.63, 3.8) is 0 Å². The largest absolute Gasteiger partial charge is 0.466 e. The number of fused-ring (bicyclic) bond motifs is 1. The quantitative estimate of drug-likeness (QED) is 0.270. The molecule has 0 spiro atoms. The topological polar surface area (TPSA) is 96.2 Å². The lowest BCUT2D eigenvalue weighted by atomic mass is 9.96. The average molecular weight is 541 g/mol. The van der Waals surface area contributed by atoms with Gasteiger partial charge < -0.3 is 14.2 Å². The fraction of sp³-hybridized carbons (Fsp3) is 0.133. The summed E-state index contributed by atoms with van der Waals surface area (Å²) < 4.78 is 18.1. The number of benzene rings is 3. The van der Waals surface area contributed by atoms with Crippen LogP contribution in [0.2, 0.25) is 0 Å². The van der Waals surface area contributed by atoms with E-state index in [1.807, 2.05) is 54.6 Å². The maximum atomic E-state index is 13.8. The van der Waals surface area contributed by atoms with Gasteiger partial charge in [-0.05, 0) is 60.5 Å². The van der Waals surface area contributed by atoms with Crippen molar-refractivity contribution in [3.05, 3.63) is 121 Å². The van der Waals surface area contributed by atoms with Crippen molar-refractivity contribution < 1.29 is 23.8 Å². The van der Waals surface area contributed by atoms with E-state index in [4.69, 9.17) is 14.2 Å². The van der Waals surface area contributed by atoms with Gasteiger partial charge in [0.15, 0.2) is 4.80 Å². The van der Waals surface area contributed by atoms with Gasteiger partial charge in [0, 0.05) is 6.92 Å². The van der Waals surface area contributed by atoms with Gasteiger partial charge in [-0.2, -0.15) is 0 Å². The molecule has 1 aromatic heterocycles. The molecule has 3 aromatic carbocycles. The third kappa shape index (κ3) is 5.44. The SMILES string of the molecule is COC(=O)C1=C(C)N=c2s/c(=C\c3cccc(Oc4ccccc4)c3)c(=O)n2[C@@H]1c1ccc(OC(C)=O)cc1. The van der Waals surface area contributed by atoms with E-state index >= 15 is 0 Å². The van der Waals surface area contributed by atoms with E-state index < -0.39 is 18.0 Å². The van der Waals surface area contributed by atoms with E-state index in [2.05, 4.69) is 4.99 Å². The number of thiazole rings is 1. The van der Waals surface area contributed by atoms with E-state index in [1.54, 1.807) is 37.3 Å². The van der Waals surface area contributed by atoms with Crippen LogP contribution >= 0.6 is 11.3 Å². The van der Waals surface area contributed by atoms with Crippen LogP contribution in [0.3, 0.4) is 0 Å². The maximum absolute atomic E-state index is 13.8. The number of allylic oxidation sites excluding steroid dienone is 1. The summed E-state index contributed by atoms with van der Waals surface area (Å²) in [5.41, 5.74) is 1.85. The van der Waals surface area contributed by atoms with Crippen LogP contribution in [0.5, 0.6) is 17.2 Å². The van der Waals surface area contributed by atoms with E-state index in [0.717, 1.165) is 5.56 Å². The molecule has 9 heteroatoms. The van der Waals surface area contributed by atoms with Crippen LogP contribution in [0.1, 0.15) is 31.0 Å². The van der Waals surface area contributed by atoms with Crippen LogP contribution in [-0.2, 0) is 14.3 Å². The Morgan fingerprint density at radius 2 is 1.67 bits per heavy atom. The summed E-state index contributed by atoms with van der Waals surface area (Å²) in [5, 5.41) is 0. The number of rotatable bonds is 6. The number of para-hydroxylation sites is 1. The predicted molar refractivity (Wildman–Crippen MR) is 146 cm³/mol. The van der Waals surface area contributed by atoms with Gasteiger partial charge in [-0.15, -0.1) is 0 Å². The highest BCUT2D eigenvalue weighted by atomic mass is 32.1. The number of ether oxygens (including phenoxy) is 3. The summed E-state index contributed by atoms with van der Waals surface area (Å²) in [7, 11) is 1.29. The zero-order valence-electron chi connectivity index (χ0n) is 21.4. The Labute approximate surface area is 227 Å². The molecule has 5 rings (SSSR count). The maximum Gasteiger partial charge on any atom is 0.338 e. The normalized spacial score (nSPS) is 14.8. The van der Waals surface area contributed by atoms with Gasteiger partial charge in [-0.3, -0.25) is 14.2 Å². The fourth-order valence-electron chi connectivity index (χ4n) is 4.34. The number of carbonyl (C=O) groups is 2. The second kappa shape index (κ2) is 10.9. The Bertz CT molecular complexity index is 1770. The van der Waals surface area contributed by atoms with E-state index in [0.29, 0.717) is 37.8 Å². The number of methoxy groups -OCH3 is 1. The minimum Gasteiger partial charge on any atom is -0.466 e. The molecule has 0 unspecified atom stereocenters. The molecule has 8 nitrogen and oxygen atoms in total. The van der Waals surface area contributed by atoms with Gasteiger partial charge in [-0.25, -0.2) is 9.79 Å². The molecular weight excluding hydrogens is 516 g/mol. The summed E-state index contributed by atoms with van der Waals surface area (Å²) in [6.07, 6.45) is 1.78. The highest BCUT2D eigenvalue weighted by Crippen LogP contribution is 2.31. The Morgan fingerprint density at radius 3 is 2.36 bits per heavy atom. The van der Waals surface area contributed by atoms with Gasteiger partial charge in [-0.1, -0.05) is 53.8 Å². The average Bonchev–Trinajstić information content (AvgIpc) is 3.22. The number of hydrogen-bond donors (Lipinski definition) is 0. The molecule has 196 valence electrons. The molecule has 0 N–H and O–H groups in total. The number of aromatic nitrogens is 1. The third-order valence-electron chi connectivity index (χ3n) is 6.02. The van der Waals surface area contributed by atoms with Crippen LogP contribution in [0, 0.1) is 0 Å². The van der Waals surface area contributed by atoms with E-state index in [1.165, 1.54) is 29.9 Å². The molecule has 0 saturated carbocycles. The first-order valence-electron chi connectivity index (χ1n) is 12.1. The lowest BCUT2D eigenvalue weighted by Gasteiger charge is -2.24. The first kappa shape index (κ1) is 25.9. The van der Waals surface area contributed by atoms with Crippen molar-refractivity contribution in [2.45, 2.75) is 19.9 Å². The molecule has 2 heterocycles. The van der Waals surface area contributed by atoms with Crippen molar-refractivity contribution in [3.8, 4) is 17.2 Å². The van der Waals surface area contributed by atoms with Crippen molar-refractivity contribution in [2.24, 2.45) is 4.99 Å². The smallest absolute Gasteiger partial charge is 0.338 e. The highest BCUT2D eigenvalue weighted by molar-refractivity contribution is 7.07. The highest BCUT2D eigenvalue weighted by Gasteiger charge is 2.33. The van der Waals surface area contributed by atoms with Crippen LogP contribution in [0.25, 0.3) is 6.08 Å². The fourth-order valence-corrected chi connectivity index (χ4v) is 5.38. The standard InChI is InChI=1S/C30H24N2O6S/c1-18-26(29(35)36-3)27(21-12-14-23(15-13-21)37-19(2)33)32-28(34)25(39-30(32)31-18)17-20-8-7-11-24(16-20)38-22-9-5-4-6-10-22/h4-17,27H,1-3H3/b25-17-/t27-/m1/s1. The van der Waals surface area contributed by atoms with Gasteiger partial charge in [0.2, 0.25) is 0 Å². The van der Waals surface area contributed by atoms with Crippen LogP contribution < -0.4 is 24.4 Å². The molecule has 39 heavy (non-hydrogen) atoms. The van der Waals surface area contributed by atoms with E-state index in [9.17, 15) is 14.4 Å². The van der Waals surface area contributed by atoms with Gasteiger partial charge in [0.1, 0.15) is 17.2 Å². The zero-order chi connectivity index (χ0) is 27.5. The van der Waals surface area contributed by atoms with Gasteiger partial charge in [0.25, 0.3) is 5.56 Å². The lowest BCUT2D eigenvalue weighted by molar-refractivity contribution is -0.136. The minimum atomic E-state index is -0.769. The molecule has 0 amide bonds. The van der Waals surface area contributed by atoms with Crippen molar-refractivity contribution in [2.75, 3.05) is 7.11 Å². The molecule has 0 bridgehead atoms. The molecule has 0 fully saturated rings. The Morgan fingerprint density at radius 1 is 0.949 bits per heavy atom. The van der Waals surface area contributed by atoms with E-state index in [-0.39, 0.29) is 11.1 Å². The first-order chi connectivity index (χ1) is 18.8. The van der Waals surface area contributed by atoms with Crippen molar-refractivity contribution in [1.82, 2.24) is 4.57 Å². The zero-order valence-corrected chi connectivity index (χ0v) is 22.2. The Hall–Kier alpha value is -4.76. The first-order valence-corrected chi connectivity index (χ1v) is 12.9. The third-order valence-corrected chi connectivity index (χ3v) is 7.00. The number of hydrogen-bond acceptors (Lipinski definition) is 8. The van der Waals surface area contributed by atoms with Crippen LogP contribution in [-0.4, -0.2) is 23.6 Å². The Kier molecular flexibility index (Phi) is 7.25. The predicted octanol–water partition coefficient (Wildman–Crippen LogP) is 4.13. The molecule has 4 aromatic rings. The molecule has 0 saturated heterocycles. The number of esters is 2. The number of carbonyl (C=O) groups excluding carboxylic acids is 2. The monoisotopic (exact) mass is 540 g/mol. The lowest BCUT2D eigenvalue weighted by Crippen LogP contribution is -2.39. The molecule has 1 atom stereocenters. The van der Waals surface area contributed by atoms with Crippen molar-refractivity contribution >= 4 is 29.4 Å². The molecule has 1 aliphatic rings. The summed E-state index contributed by atoms with van der Waals surface area (Å²) >= 11 is 1.23. The van der Waals surface area contributed by atoms with Crippen LogP contribution in [0.15, 0.2) is 99.9 Å². The number of nitrogens with zero attached hydrogens (tertiary/aromatic N) is 2. The van der Waals surface area contributed by atoms with Gasteiger partial charge >= 0.3 is 11.9 Å². The molecule has 1 aliphatic heterocycles. The summed E-state index contributed by atoms with van der Waals surface area (Å²) in [5.74, 6) is 0.679. The van der Waals surface area contributed by atoms with Crippen molar-refractivity contribution in [1.29, 1.82) is 0 Å². The summed E-state index contributed by atoms with van der Waals surface area (Å²) in [6, 6.07) is 22.8. The Balaban J connectivity index is 1.59. The van der Waals surface area contributed by atoms with Gasteiger partial charge in [0.05, 0.1) is 29.0 Å². The molecule has 0 radical (unpaired) electrons. The summed E-state index contributed by atoms with van der Waals surface area (Å²) in [4.78, 5) is 43.0. The molecule has 0 aliphatic carbocycles. The second-order valence-electron chi connectivity index (χ2n) is 8.72. The minimum absolute atomic E-state index is 0.259. The van der Waals surface area contributed by atoms with Crippen LogP contribution in [0.4, 0.5) is 0 Å².